The van der Waals surface area contributed by atoms with Crippen molar-refractivity contribution in [2.24, 2.45) is 0 Å². The van der Waals surface area contributed by atoms with Gasteiger partial charge in [-0.15, -0.1) is 0 Å². The Morgan fingerprint density at radius 3 is 2.52 bits per heavy atom. The molecule has 0 radical (unpaired) electrons. The molecule has 1 heterocycles. The number of non-ortho nitro benzene ring substituents is 1. The fraction of sp³-hybridized carbons (Fsp3) is 0.235. The highest BCUT2D eigenvalue weighted by Crippen LogP contribution is 2.25. The molecule has 0 saturated carbocycles. The lowest BCUT2D eigenvalue weighted by Gasteiger charge is -2.16. The molecule has 0 bridgehead atoms. The van der Waals surface area contributed by atoms with Gasteiger partial charge in [0.25, 0.3) is 11.6 Å². The molecule has 0 unspecified atom stereocenters. The number of hydrogen-bond acceptors (Lipinski definition) is 5. The standard InChI is InChI=1S/C17H16FN3O5S/c18-15-7-6-12(10-16(15)27(25,26)20-8-1-2-9-20)17(22)19-13-4-3-5-14(11-13)21(23)24/h3-7,10-11H,1-2,8-9H2,(H,19,22). The number of benzene rings is 2. The van der Waals surface area contributed by atoms with Gasteiger partial charge in [0, 0.05) is 36.5 Å². The van der Waals surface area contributed by atoms with E-state index in [1.807, 2.05) is 0 Å². The predicted octanol–water partition coefficient (Wildman–Crippen LogP) is 2.77. The van der Waals surface area contributed by atoms with Crippen LogP contribution in [0.3, 0.4) is 0 Å². The molecule has 0 aliphatic carbocycles. The number of sulfonamides is 1. The van der Waals surface area contributed by atoms with E-state index in [1.54, 1.807) is 0 Å². The van der Waals surface area contributed by atoms with Gasteiger partial charge in [-0.2, -0.15) is 4.31 Å². The molecule has 27 heavy (non-hydrogen) atoms. The zero-order chi connectivity index (χ0) is 19.6. The van der Waals surface area contributed by atoms with Crippen molar-refractivity contribution < 1.29 is 22.5 Å². The molecule has 8 nitrogen and oxygen atoms in total. The lowest BCUT2D eigenvalue weighted by molar-refractivity contribution is -0.384. The van der Waals surface area contributed by atoms with Gasteiger partial charge in [0.2, 0.25) is 10.0 Å². The predicted molar refractivity (Wildman–Crippen MR) is 95.4 cm³/mol. The number of rotatable bonds is 5. The minimum absolute atomic E-state index is 0.0688. The monoisotopic (exact) mass is 393 g/mol. The minimum atomic E-state index is -4.03. The van der Waals surface area contributed by atoms with E-state index < -0.39 is 31.6 Å². The molecule has 1 aliphatic heterocycles. The number of nitrogens with zero attached hydrogens (tertiary/aromatic N) is 2. The van der Waals surface area contributed by atoms with Crippen LogP contribution >= 0.6 is 0 Å². The third-order valence-electron chi connectivity index (χ3n) is 4.19. The summed E-state index contributed by atoms with van der Waals surface area (Å²) in [5.41, 5.74) is -0.104. The largest absolute Gasteiger partial charge is 0.322 e. The van der Waals surface area contributed by atoms with Crippen molar-refractivity contribution in [1.29, 1.82) is 0 Å². The highest BCUT2D eigenvalue weighted by atomic mass is 32.2. The van der Waals surface area contributed by atoms with Crippen LogP contribution in [-0.2, 0) is 10.0 Å². The third-order valence-corrected chi connectivity index (χ3v) is 6.10. The maximum absolute atomic E-state index is 14.1. The van der Waals surface area contributed by atoms with Crippen LogP contribution in [0.15, 0.2) is 47.4 Å². The Kier molecular flexibility index (Phi) is 5.19. The molecule has 142 valence electrons. The summed E-state index contributed by atoms with van der Waals surface area (Å²) in [6.07, 6.45) is 1.40. The first-order valence-electron chi connectivity index (χ1n) is 8.14. The number of hydrogen-bond donors (Lipinski definition) is 1. The number of nitrogens with one attached hydrogen (secondary N) is 1. The summed E-state index contributed by atoms with van der Waals surface area (Å²) in [5.74, 6) is -1.64. The van der Waals surface area contributed by atoms with E-state index in [2.05, 4.69) is 5.32 Å². The van der Waals surface area contributed by atoms with E-state index in [9.17, 15) is 27.7 Å². The number of carbonyl (C=O) groups is 1. The lowest BCUT2D eigenvalue weighted by atomic mass is 10.2. The Balaban J connectivity index is 1.88. The van der Waals surface area contributed by atoms with Crippen LogP contribution in [0.1, 0.15) is 23.2 Å². The first kappa shape index (κ1) is 18.9. The van der Waals surface area contributed by atoms with Crippen molar-refractivity contribution >= 4 is 27.3 Å². The van der Waals surface area contributed by atoms with E-state index in [0.29, 0.717) is 25.9 Å². The average Bonchev–Trinajstić information content (AvgIpc) is 3.17. The number of nitro benzene ring substituents is 1. The summed E-state index contributed by atoms with van der Waals surface area (Å²) < 4.78 is 40.5. The van der Waals surface area contributed by atoms with Crippen LogP contribution < -0.4 is 5.32 Å². The highest BCUT2D eigenvalue weighted by molar-refractivity contribution is 7.89. The SMILES string of the molecule is O=C(Nc1cccc([N+](=O)[O-])c1)c1ccc(F)c(S(=O)(=O)N2CCCC2)c1. The van der Waals surface area contributed by atoms with E-state index in [4.69, 9.17) is 0 Å². The smallest absolute Gasteiger partial charge is 0.271 e. The Labute approximate surface area is 154 Å². The third kappa shape index (κ3) is 3.96. The molecule has 0 aromatic heterocycles. The quantitative estimate of drug-likeness (QED) is 0.620. The molecule has 1 fully saturated rings. The molecule has 2 aromatic rings. The van der Waals surface area contributed by atoms with Gasteiger partial charge in [-0.1, -0.05) is 6.07 Å². The topological polar surface area (TPSA) is 110 Å². The number of anilines is 1. The zero-order valence-electron chi connectivity index (χ0n) is 14.1. The molecule has 0 spiro atoms. The maximum atomic E-state index is 14.1. The van der Waals surface area contributed by atoms with E-state index in [1.165, 1.54) is 28.6 Å². The number of halogens is 1. The van der Waals surface area contributed by atoms with Crippen LogP contribution in [-0.4, -0.2) is 36.6 Å². The van der Waals surface area contributed by atoms with E-state index in [-0.39, 0.29) is 16.9 Å². The fourth-order valence-electron chi connectivity index (χ4n) is 2.81. The molecular weight excluding hydrogens is 377 g/mol. The van der Waals surface area contributed by atoms with Crippen LogP contribution in [0.25, 0.3) is 0 Å². The second kappa shape index (κ2) is 7.41. The molecule has 1 N–H and O–H groups in total. The van der Waals surface area contributed by atoms with Crippen molar-refractivity contribution in [3.05, 3.63) is 64.0 Å². The van der Waals surface area contributed by atoms with Crippen LogP contribution in [0, 0.1) is 15.9 Å². The zero-order valence-corrected chi connectivity index (χ0v) is 14.9. The molecule has 1 amide bonds. The summed E-state index contributed by atoms with van der Waals surface area (Å²) in [7, 11) is -4.03. The van der Waals surface area contributed by atoms with Crippen LogP contribution in [0.4, 0.5) is 15.8 Å². The van der Waals surface area contributed by atoms with Gasteiger partial charge in [-0.25, -0.2) is 12.8 Å². The van der Waals surface area contributed by atoms with Crippen molar-refractivity contribution in [2.75, 3.05) is 18.4 Å². The molecule has 2 aromatic carbocycles. The minimum Gasteiger partial charge on any atom is -0.322 e. The average molecular weight is 393 g/mol. The molecule has 1 saturated heterocycles. The van der Waals surface area contributed by atoms with Crippen LogP contribution in [0.5, 0.6) is 0 Å². The van der Waals surface area contributed by atoms with Crippen molar-refractivity contribution in [2.45, 2.75) is 17.7 Å². The van der Waals surface area contributed by atoms with Gasteiger partial charge in [-0.3, -0.25) is 14.9 Å². The molecule has 1 aliphatic rings. The van der Waals surface area contributed by atoms with Gasteiger partial charge in [0.05, 0.1) is 4.92 Å². The van der Waals surface area contributed by atoms with Gasteiger partial charge >= 0.3 is 0 Å². The van der Waals surface area contributed by atoms with Crippen molar-refractivity contribution in [3.63, 3.8) is 0 Å². The van der Waals surface area contributed by atoms with E-state index in [0.717, 1.165) is 18.2 Å². The second-order valence-electron chi connectivity index (χ2n) is 6.02. The van der Waals surface area contributed by atoms with Gasteiger partial charge < -0.3 is 5.32 Å². The van der Waals surface area contributed by atoms with Gasteiger partial charge in [0.15, 0.2) is 0 Å². The summed E-state index contributed by atoms with van der Waals surface area (Å²) in [5, 5.41) is 13.3. The molecule has 10 heteroatoms. The molecular formula is C17H16FN3O5S. The fourth-order valence-corrected chi connectivity index (χ4v) is 4.42. The summed E-state index contributed by atoms with van der Waals surface area (Å²) >= 11 is 0. The second-order valence-corrected chi connectivity index (χ2v) is 7.92. The molecule has 0 atom stereocenters. The van der Waals surface area contributed by atoms with E-state index >= 15 is 0 Å². The Morgan fingerprint density at radius 1 is 1.15 bits per heavy atom. The van der Waals surface area contributed by atoms with Gasteiger partial charge in [-0.05, 0) is 37.1 Å². The number of nitro groups is 1. The lowest BCUT2D eigenvalue weighted by Crippen LogP contribution is -2.29. The normalized spacial score (nSPS) is 14.9. The first-order chi connectivity index (χ1) is 12.8. The highest BCUT2D eigenvalue weighted by Gasteiger charge is 2.30. The Hall–Kier alpha value is -2.85. The summed E-state index contributed by atoms with van der Waals surface area (Å²) in [6, 6.07) is 8.36. The van der Waals surface area contributed by atoms with Crippen LogP contribution in [0.2, 0.25) is 0 Å². The molecule has 3 rings (SSSR count). The number of carbonyl (C=O) groups excluding carboxylic acids is 1. The Bertz CT molecular complexity index is 1000. The van der Waals surface area contributed by atoms with Gasteiger partial charge in [0.1, 0.15) is 10.7 Å². The van der Waals surface area contributed by atoms with Crippen molar-refractivity contribution in [3.8, 4) is 0 Å². The van der Waals surface area contributed by atoms with Crippen molar-refractivity contribution in [1.82, 2.24) is 4.31 Å². The first-order valence-corrected chi connectivity index (χ1v) is 9.58. The summed E-state index contributed by atoms with van der Waals surface area (Å²) in [6.45, 7) is 0.623. The Morgan fingerprint density at radius 2 is 1.85 bits per heavy atom. The maximum Gasteiger partial charge on any atom is 0.271 e. The summed E-state index contributed by atoms with van der Waals surface area (Å²) in [4.78, 5) is 22.0. The number of amides is 1.